The summed E-state index contributed by atoms with van der Waals surface area (Å²) >= 11 is 0. The van der Waals surface area contributed by atoms with Crippen LogP contribution in [-0.2, 0) is 0 Å². The summed E-state index contributed by atoms with van der Waals surface area (Å²) in [6, 6.07) is 8.62. The minimum absolute atomic E-state index is 0.0738. The van der Waals surface area contributed by atoms with Crippen LogP contribution < -0.4 is 0 Å². The lowest BCUT2D eigenvalue weighted by Crippen LogP contribution is -1.95. The topological polar surface area (TPSA) is 98.0 Å². The molecule has 0 heterocycles. The van der Waals surface area contributed by atoms with Crippen molar-refractivity contribution < 1.29 is 25.2 Å². The van der Waals surface area contributed by atoms with Crippen LogP contribution in [0.5, 0.6) is 23.0 Å². The van der Waals surface area contributed by atoms with Gasteiger partial charge in [0.2, 0.25) is 5.75 Å². The number of hydrogen-bond donors (Lipinski definition) is 4. The lowest BCUT2D eigenvalue weighted by Gasteiger charge is -2.04. The smallest absolute Gasteiger partial charge is 0.201 e. The summed E-state index contributed by atoms with van der Waals surface area (Å²) in [4.78, 5) is 11.9. The third-order valence-corrected chi connectivity index (χ3v) is 2.69. The molecule has 2 rings (SSSR count). The van der Waals surface area contributed by atoms with Crippen molar-refractivity contribution >= 4 is 11.9 Å². The average Bonchev–Trinajstić information content (AvgIpc) is 2.42. The molecule has 102 valence electrons. The summed E-state index contributed by atoms with van der Waals surface area (Å²) in [5, 5.41) is 37.4. The molecule has 5 heteroatoms. The molecule has 2 aromatic carbocycles. The van der Waals surface area contributed by atoms with E-state index in [1.807, 2.05) is 0 Å². The molecule has 0 bridgehead atoms. The first-order valence-corrected chi connectivity index (χ1v) is 5.74. The number of carbonyl (C=O) groups is 1. The molecule has 0 saturated carbocycles. The molecule has 0 atom stereocenters. The van der Waals surface area contributed by atoms with Crippen molar-refractivity contribution in [2.45, 2.75) is 0 Å². The predicted octanol–water partition coefficient (Wildman–Crippen LogP) is 2.41. The van der Waals surface area contributed by atoms with Gasteiger partial charge in [0.25, 0.3) is 0 Å². The molecule has 0 radical (unpaired) electrons. The fraction of sp³-hybridized carbons (Fsp3) is 0. The molecule has 0 aromatic heterocycles. The Kier molecular flexibility index (Phi) is 3.61. The molecule has 0 fully saturated rings. The van der Waals surface area contributed by atoms with Crippen molar-refractivity contribution in [2.75, 3.05) is 0 Å². The zero-order valence-corrected chi connectivity index (χ0v) is 10.3. The summed E-state index contributed by atoms with van der Waals surface area (Å²) in [5.74, 6) is -2.38. The van der Waals surface area contributed by atoms with Crippen molar-refractivity contribution in [3.63, 3.8) is 0 Å². The van der Waals surface area contributed by atoms with Crippen LogP contribution in [0.1, 0.15) is 15.9 Å². The standard InChI is InChI=1S/C15H12O5/c16-10-3-1-2-9(8-10)4-6-12(17)11-5-7-13(18)15(20)14(11)19/h1-8,16,18-20H/b6-4+. The first-order chi connectivity index (χ1) is 9.49. The van der Waals surface area contributed by atoms with Crippen LogP contribution in [0.4, 0.5) is 0 Å². The molecule has 0 aliphatic carbocycles. The fourth-order valence-corrected chi connectivity index (χ4v) is 1.66. The predicted molar refractivity (Wildman–Crippen MR) is 72.9 cm³/mol. The van der Waals surface area contributed by atoms with Gasteiger partial charge in [-0.2, -0.15) is 0 Å². The number of benzene rings is 2. The molecule has 0 aliphatic rings. The minimum Gasteiger partial charge on any atom is -0.508 e. The highest BCUT2D eigenvalue weighted by Crippen LogP contribution is 2.37. The van der Waals surface area contributed by atoms with Gasteiger partial charge < -0.3 is 20.4 Å². The van der Waals surface area contributed by atoms with Gasteiger partial charge in [0.15, 0.2) is 17.3 Å². The van der Waals surface area contributed by atoms with Crippen LogP contribution in [-0.4, -0.2) is 26.2 Å². The molecular weight excluding hydrogens is 260 g/mol. The molecule has 0 saturated heterocycles. The number of allylic oxidation sites excluding steroid dienone is 1. The maximum Gasteiger partial charge on any atom is 0.201 e. The van der Waals surface area contributed by atoms with Gasteiger partial charge in [0, 0.05) is 0 Å². The zero-order chi connectivity index (χ0) is 14.7. The molecule has 0 unspecified atom stereocenters. The van der Waals surface area contributed by atoms with E-state index in [9.17, 15) is 25.2 Å². The van der Waals surface area contributed by atoms with E-state index >= 15 is 0 Å². The van der Waals surface area contributed by atoms with Crippen molar-refractivity contribution in [3.8, 4) is 23.0 Å². The van der Waals surface area contributed by atoms with Crippen LogP contribution in [0.2, 0.25) is 0 Å². The summed E-state index contributed by atoms with van der Waals surface area (Å²) in [6.45, 7) is 0. The number of phenols is 4. The van der Waals surface area contributed by atoms with E-state index in [-0.39, 0.29) is 11.3 Å². The van der Waals surface area contributed by atoms with Gasteiger partial charge in [0.05, 0.1) is 5.56 Å². The molecule has 0 spiro atoms. The van der Waals surface area contributed by atoms with E-state index in [1.165, 1.54) is 30.4 Å². The number of rotatable bonds is 3. The molecular formula is C15H12O5. The number of ketones is 1. The van der Waals surface area contributed by atoms with Gasteiger partial charge in [-0.25, -0.2) is 0 Å². The van der Waals surface area contributed by atoms with Crippen molar-refractivity contribution in [3.05, 3.63) is 53.6 Å². The van der Waals surface area contributed by atoms with Gasteiger partial charge in [-0.05, 0) is 35.9 Å². The third kappa shape index (κ3) is 2.72. The third-order valence-electron chi connectivity index (χ3n) is 2.69. The Balaban J connectivity index is 2.27. The molecule has 4 N–H and O–H groups in total. The number of hydrogen-bond acceptors (Lipinski definition) is 5. The second-order valence-electron chi connectivity index (χ2n) is 4.12. The van der Waals surface area contributed by atoms with Gasteiger partial charge >= 0.3 is 0 Å². The van der Waals surface area contributed by atoms with Crippen molar-refractivity contribution in [1.29, 1.82) is 0 Å². The van der Waals surface area contributed by atoms with Crippen LogP contribution in [0, 0.1) is 0 Å². The summed E-state index contributed by atoms with van der Waals surface area (Å²) in [6.07, 6.45) is 2.66. The molecule has 0 amide bonds. The Bertz CT molecular complexity index is 689. The number of aromatic hydroxyl groups is 4. The van der Waals surface area contributed by atoms with Crippen LogP contribution in [0.3, 0.4) is 0 Å². The van der Waals surface area contributed by atoms with E-state index in [0.29, 0.717) is 5.56 Å². The highest BCUT2D eigenvalue weighted by Gasteiger charge is 2.15. The van der Waals surface area contributed by atoms with Gasteiger partial charge in [-0.15, -0.1) is 0 Å². The number of carbonyl (C=O) groups excluding carboxylic acids is 1. The van der Waals surface area contributed by atoms with E-state index in [1.54, 1.807) is 12.1 Å². The molecule has 20 heavy (non-hydrogen) atoms. The Labute approximate surface area is 114 Å². The van der Waals surface area contributed by atoms with Crippen LogP contribution in [0.25, 0.3) is 6.08 Å². The van der Waals surface area contributed by atoms with E-state index in [2.05, 4.69) is 0 Å². The summed E-state index contributed by atoms with van der Waals surface area (Å²) in [5.41, 5.74) is 0.484. The Hall–Kier alpha value is -2.95. The van der Waals surface area contributed by atoms with E-state index < -0.39 is 23.0 Å². The van der Waals surface area contributed by atoms with Gasteiger partial charge in [-0.3, -0.25) is 4.79 Å². The van der Waals surface area contributed by atoms with E-state index in [0.717, 1.165) is 6.07 Å². The van der Waals surface area contributed by atoms with Crippen molar-refractivity contribution in [1.82, 2.24) is 0 Å². The Morgan fingerprint density at radius 1 is 0.950 bits per heavy atom. The van der Waals surface area contributed by atoms with Crippen LogP contribution >= 0.6 is 0 Å². The molecule has 2 aromatic rings. The lowest BCUT2D eigenvalue weighted by atomic mass is 10.1. The Morgan fingerprint density at radius 2 is 1.70 bits per heavy atom. The van der Waals surface area contributed by atoms with Crippen LogP contribution in [0.15, 0.2) is 42.5 Å². The van der Waals surface area contributed by atoms with Crippen molar-refractivity contribution in [2.24, 2.45) is 0 Å². The maximum absolute atomic E-state index is 11.9. The van der Waals surface area contributed by atoms with E-state index in [4.69, 9.17) is 0 Å². The summed E-state index contributed by atoms with van der Waals surface area (Å²) in [7, 11) is 0. The Morgan fingerprint density at radius 3 is 2.40 bits per heavy atom. The quantitative estimate of drug-likeness (QED) is 0.391. The zero-order valence-electron chi connectivity index (χ0n) is 10.3. The highest BCUT2D eigenvalue weighted by molar-refractivity contribution is 6.09. The van der Waals surface area contributed by atoms with Gasteiger partial charge in [0.1, 0.15) is 5.75 Å². The second-order valence-corrected chi connectivity index (χ2v) is 4.12. The first kappa shape index (κ1) is 13.5. The fourth-order valence-electron chi connectivity index (χ4n) is 1.66. The normalized spacial score (nSPS) is 10.8. The molecule has 5 nitrogen and oxygen atoms in total. The molecule has 0 aliphatic heterocycles. The highest BCUT2D eigenvalue weighted by atomic mass is 16.3. The van der Waals surface area contributed by atoms with Gasteiger partial charge in [-0.1, -0.05) is 18.2 Å². The summed E-state index contributed by atoms with van der Waals surface area (Å²) < 4.78 is 0. The SMILES string of the molecule is O=C(/C=C/c1cccc(O)c1)c1ccc(O)c(O)c1O. The largest absolute Gasteiger partial charge is 0.508 e. The number of phenolic OH excluding ortho intramolecular Hbond substituents is 4. The first-order valence-electron chi connectivity index (χ1n) is 5.74. The monoisotopic (exact) mass is 272 g/mol. The second kappa shape index (κ2) is 5.36. The average molecular weight is 272 g/mol. The maximum atomic E-state index is 11.9. The minimum atomic E-state index is -0.735. The lowest BCUT2D eigenvalue weighted by molar-refractivity contribution is 0.104.